The number of carbonyl (C=O) groups is 1. The number of fused-ring (bicyclic) bond motifs is 1. The van der Waals surface area contributed by atoms with Crippen molar-refractivity contribution < 1.29 is 19.0 Å². The van der Waals surface area contributed by atoms with E-state index in [0.29, 0.717) is 11.2 Å². The second kappa shape index (κ2) is 6.68. The molecule has 0 bridgehead atoms. The number of nitrogens with zero attached hydrogens (tertiary/aromatic N) is 3. The third-order valence-electron chi connectivity index (χ3n) is 5.64. The molecule has 1 saturated heterocycles. The summed E-state index contributed by atoms with van der Waals surface area (Å²) < 4.78 is 22.6. The number of nitrogen functional groups attached to an aromatic ring is 1. The molecule has 1 amide bonds. The Morgan fingerprint density at radius 2 is 2.03 bits per heavy atom. The van der Waals surface area contributed by atoms with Gasteiger partial charge in [-0.2, -0.15) is 4.68 Å². The number of hydrogen-bond acceptors (Lipinski definition) is 6. The minimum absolute atomic E-state index is 0.0374. The average Bonchev–Trinajstić information content (AvgIpc) is 3.43. The van der Waals surface area contributed by atoms with Crippen LogP contribution in [0.15, 0.2) is 15.7 Å². The van der Waals surface area contributed by atoms with Crippen molar-refractivity contribution in [3.05, 3.63) is 32.7 Å². The number of nitrogens with two attached hydrogens (primary N) is 1. The van der Waals surface area contributed by atoms with E-state index in [1.807, 2.05) is 6.92 Å². The van der Waals surface area contributed by atoms with Gasteiger partial charge in [-0.3, -0.25) is 9.36 Å². The highest BCUT2D eigenvalue weighted by Crippen LogP contribution is 2.43. The fourth-order valence-corrected chi connectivity index (χ4v) is 4.09. The van der Waals surface area contributed by atoms with Crippen molar-refractivity contribution in [3.63, 3.8) is 0 Å². The lowest BCUT2D eigenvalue weighted by molar-refractivity contribution is 0.188. The van der Waals surface area contributed by atoms with Crippen LogP contribution in [0.3, 0.4) is 0 Å². The van der Waals surface area contributed by atoms with Crippen LogP contribution in [0.2, 0.25) is 0 Å². The normalized spacial score (nSPS) is 21.6. The Morgan fingerprint density at radius 1 is 1.34 bits per heavy atom. The summed E-state index contributed by atoms with van der Waals surface area (Å²) in [5.74, 6) is 4.93. The van der Waals surface area contributed by atoms with Crippen molar-refractivity contribution in [1.82, 2.24) is 14.6 Å². The van der Waals surface area contributed by atoms with Crippen molar-refractivity contribution >= 4 is 22.7 Å². The largest absolute Gasteiger partial charge is 0.492 e. The van der Waals surface area contributed by atoms with E-state index in [4.69, 9.17) is 15.7 Å². The first kappa shape index (κ1) is 19.1. The number of amides is 1. The number of rotatable bonds is 4. The summed E-state index contributed by atoms with van der Waals surface area (Å²) >= 11 is 0. The zero-order valence-electron chi connectivity index (χ0n) is 16.0. The zero-order valence-corrected chi connectivity index (χ0v) is 16.0. The quantitative estimate of drug-likeness (QED) is 0.627. The van der Waals surface area contributed by atoms with Crippen LogP contribution in [-0.4, -0.2) is 46.7 Å². The molecule has 2 aromatic rings. The molecule has 2 unspecified atom stereocenters. The standard InChI is InChI=1S/C18H22FN5O5/c1-8-6-22(7-12(8)21-17(26)27)14-11(19)5-10-13(15(14)29-2)23(9-3-4-9)18(28)24(20)16(10)25/h5,8-9,12,21H,3-4,6-7,20H2,1-2H3,(H,26,27). The van der Waals surface area contributed by atoms with E-state index < -0.39 is 29.2 Å². The molecular weight excluding hydrogens is 385 g/mol. The summed E-state index contributed by atoms with van der Waals surface area (Å²) in [5.41, 5.74) is -1.16. The Bertz CT molecular complexity index is 1120. The Balaban J connectivity index is 1.95. The summed E-state index contributed by atoms with van der Waals surface area (Å²) in [7, 11) is 1.35. The number of carboxylic acid groups (broad SMARTS) is 1. The van der Waals surface area contributed by atoms with Crippen LogP contribution in [-0.2, 0) is 0 Å². The number of aromatic nitrogens is 2. The van der Waals surface area contributed by atoms with Crippen LogP contribution in [0.5, 0.6) is 5.75 Å². The molecule has 2 fully saturated rings. The minimum atomic E-state index is -1.15. The molecular formula is C18H22FN5O5. The average molecular weight is 407 g/mol. The number of anilines is 1. The van der Waals surface area contributed by atoms with Crippen LogP contribution in [0.4, 0.5) is 14.9 Å². The Hall–Kier alpha value is -3.24. The topological polar surface area (TPSA) is 132 Å². The summed E-state index contributed by atoms with van der Waals surface area (Å²) in [6, 6.07) is 0.543. The molecule has 1 saturated carbocycles. The lowest BCUT2D eigenvalue weighted by Crippen LogP contribution is -2.44. The molecule has 4 N–H and O–H groups in total. The summed E-state index contributed by atoms with van der Waals surface area (Å²) in [5, 5.41) is 11.4. The first-order valence-electron chi connectivity index (χ1n) is 9.31. The Labute approximate surface area is 164 Å². The molecule has 2 heterocycles. The van der Waals surface area contributed by atoms with Gasteiger partial charge in [0.25, 0.3) is 5.56 Å². The molecule has 2 aliphatic rings. The SMILES string of the molecule is COc1c(N2CC(C)C(NC(=O)O)C2)c(F)cc2c(=O)n(N)c(=O)n(C3CC3)c12. The van der Waals surface area contributed by atoms with E-state index in [9.17, 15) is 14.4 Å². The number of ether oxygens (including phenoxy) is 1. The number of hydrogen-bond donors (Lipinski definition) is 3. The van der Waals surface area contributed by atoms with Crippen molar-refractivity contribution in [2.24, 2.45) is 5.92 Å². The van der Waals surface area contributed by atoms with Gasteiger partial charge in [-0.15, -0.1) is 0 Å². The highest BCUT2D eigenvalue weighted by Gasteiger charge is 2.36. The Kier molecular flexibility index (Phi) is 4.39. The molecule has 0 spiro atoms. The van der Waals surface area contributed by atoms with Gasteiger partial charge >= 0.3 is 11.8 Å². The van der Waals surface area contributed by atoms with Gasteiger partial charge in [0.1, 0.15) is 11.2 Å². The maximum absolute atomic E-state index is 15.2. The van der Waals surface area contributed by atoms with E-state index in [1.165, 1.54) is 11.7 Å². The van der Waals surface area contributed by atoms with Crippen molar-refractivity contribution in [3.8, 4) is 5.75 Å². The van der Waals surface area contributed by atoms with Crippen LogP contribution in [0.25, 0.3) is 10.9 Å². The van der Waals surface area contributed by atoms with Crippen LogP contribution in [0.1, 0.15) is 25.8 Å². The van der Waals surface area contributed by atoms with Gasteiger partial charge in [-0.05, 0) is 24.8 Å². The molecule has 29 heavy (non-hydrogen) atoms. The van der Waals surface area contributed by atoms with E-state index in [1.54, 1.807) is 4.90 Å². The molecule has 1 aliphatic carbocycles. The number of nitrogens with one attached hydrogen (secondary N) is 1. The maximum atomic E-state index is 15.2. The smallest absolute Gasteiger partial charge is 0.404 e. The van der Waals surface area contributed by atoms with Crippen LogP contribution in [0, 0.1) is 11.7 Å². The van der Waals surface area contributed by atoms with Gasteiger partial charge in [0.15, 0.2) is 11.6 Å². The molecule has 1 aromatic carbocycles. The van der Waals surface area contributed by atoms with Gasteiger partial charge in [0, 0.05) is 19.1 Å². The minimum Gasteiger partial charge on any atom is -0.492 e. The summed E-state index contributed by atoms with van der Waals surface area (Å²) in [6.45, 7) is 2.47. The highest BCUT2D eigenvalue weighted by atomic mass is 19.1. The summed E-state index contributed by atoms with van der Waals surface area (Å²) in [4.78, 5) is 37.9. The van der Waals surface area contributed by atoms with Gasteiger partial charge in [-0.1, -0.05) is 6.92 Å². The monoisotopic (exact) mass is 407 g/mol. The third-order valence-corrected chi connectivity index (χ3v) is 5.64. The Morgan fingerprint density at radius 3 is 2.62 bits per heavy atom. The fourth-order valence-electron chi connectivity index (χ4n) is 4.09. The molecule has 2 atom stereocenters. The lowest BCUT2D eigenvalue weighted by atomic mass is 10.1. The molecule has 4 rings (SSSR count). The van der Waals surface area contributed by atoms with Crippen molar-refractivity contribution in [2.45, 2.75) is 31.8 Å². The van der Waals surface area contributed by atoms with Gasteiger partial charge < -0.3 is 25.9 Å². The second-order valence-corrected chi connectivity index (χ2v) is 7.63. The zero-order chi connectivity index (χ0) is 21.0. The first-order chi connectivity index (χ1) is 13.7. The molecule has 1 aromatic heterocycles. The number of halogens is 1. The van der Waals surface area contributed by atoms with Crippen LogP contribution >= 0.6 is 0 Å². The van der Waals surface area contributed by atoms with Gasteiger partial charge in [-0.25, -0.2) is 14.0 Å². The number of benzene rings is 1. The highest BCUT2D eigenvalue weighted by molar-refractivity contribution is 5.91. The molecule has 10 nitrogen and oxygen atoms in total. The predicted molar refractivity (Wildman–Crippen MR) is 104 cm³/mol. The van der Waals surface area contributed by atoms with E-state index >= 15 is 4.39 Å². The molecule has 11 heteroatoms. The van der Waals surface area contributed by atoms with Gasteiger partial charge in [0.05, 0.1) is 18.5 Å². The van der Waals surface area contributed by atoms with E-state index in [0.717, 1.165) is 18.9 Å². The number of methoxy groups -OCH3 is 1. The third kappa shape index (κ3) is 2.97. The molecule has 1 aliphatic heterocycles. The van der Waals surface area contributed by atoms with Gasteiger partial charge in [0.2, 0.25) is 0 Å². The first-order valence-corrected chi connectivity index (χ1v) is 9.31. The molecule has 0 radical (unpaired) electrons. The van der Waals surface area contributed by atoms with Crippen LogP contribution < -0.4 is 32.0 Å². The fraction of sp³-hybridized carbons (Fsp3) is 0.500. The second-order valence-electron chi connectivity index (χ2n) is 7.63. The van der Waals surface area contributed by atoms with Crippen molar-refractivity contribution in [2.75, 3.05) is 30.9 Å². The molecule has 156 valence electrons. The van der Waals surface area contributed by atoms with E-state index in [-0.39, 0.29) is 40.8 Å². The van der Waals surface area contributed by atoms with E-state index in [2.05, 4.69) is 5.32 Å². The lowest BCUT2D eigenvalue weighted by Gasteiger charge is -2.24. The summed E-state index contributed by atoms with van der Waals surface area (Å²) in [6.07, 6.45) is 0.337. The predicted octanol–water partition coefficient (Wildman–Crippen LogP) is 0.452. The van der Waals surface area contributed by atoms with Crippen molar-refractivity contribution in [1.29, 1.82) is 0 Å². The maximum Gasteiger partial charge on any atom is 0.404 e.